The number of rotatable bonds is 4. The lowest BCUT2D eigenvalue weighted by atomic mass is 9.78. The SMILES string of the molecule is C[C@H](N)C1CCC(CCNC(=O)OC(C)(C)C)CC1. The van der Waals surface area contributed by atoms with Gasteiger partial charge in [0.05, 0.1) is 0 Å². The van der Waals surface area contributed by atoms with Gasteiger partial charge in [0, 0.05) is 12.6 Å². The summed E-state index contributed by atoms with van der Waals surface area (Å²) in [6, 6.07) is 0.320. The van der Waals surface area contributed by atoms with Crippen molar-refractivity contribution in [3.8, 4) is 0 Å². The second-order valence-electron chi connectivity index (χ2n) is 6.86. The minimum Gasteiger partial charge on any atom is -0.444 e. The summed E-state index contributed by atoms with van der Waals surface area (Å²) >= 11 is 0. The second kappa shape index (κ2) is 7.13. The van der Waals surface area contributed by atoms with Gasteiger partial charge in [0.2, 0.25) is 0 Å². The van der Waals surface area contributed by atoms with Crippen LogP contribution < -0.4 is 11.1 Å². The maximum Gasteiger partial charge on any atom is 0.407 e. The third-order valence-electron chi connectivity index (χ3n) is 3.86. The van der Waals surface area contributed by atoms with E-state index in [1.165, 1.54) is 25.7 Å². The van der Waals surface area contributed by atoms with Crippen LogP contribution >= 0.6 is 0 Å². The normalized spacial score (nSPS) is 25.7. The zero-order chi connectivity index (χ0) is 14.5. The van der Waals surface area contributed by atoms with Gasteiger partial charge in [-0.3, -0.25) is 0 Å². The molecule has 0 saturated heterocycles. The van der Waals surface area contributed by atoms with Crippen LogP contribution in [0.3, 0.4) is 0 Å². The van der Waals surface area contributed by atoms with Crippen LogP contribution in [0, 0.1) is 11.8 Å². The van der Waals surface area contributed by atoms with Gasteiger partial charge in [0.1, 0.15) is 5.60 Å². The van der Waals surface area contributed by atoms with E-state index in [1.807, 2.05) is 20.8 Å². The maximum atomic E-state index is 11.5. The van der Waals surface area contributed by atoms with Gasteiger partial charge in [-0.1, -0.05) is 12.8 Å². The van der Waals surface area contributed by atoms with Crippen molar-refractivity contribution < 1.29 is 9.53 Å². The Labute approximate surface area is 117 Å². The van der Waals surface area contributed by atoms with E-state index in [0.717, 1.165) is 12.3 Å². The van der Waals surface area contributed by atoms with Gasteiger partial charge in [-0.05, 0) is 58.8 Å². The molecular weight excluding hydrogens is 240 g/mol. The summed E-state index contributed by atoms with van der Waals surface area (Å²) in [5.74, 6) is 1.42. The smallest absolute Gasteiger partial charge is 0.407 e. The van der Waals surface area contributed by atoms with Crippen molar-refractivity contribution >= 4 is 6.09 Å². The number of nitrogens with two attached hydrogens (primary N) is 1. The van der Waals surface area contributed by atoms with E-state index in [1.54, 1.807) is 0 Å². The summed E-state index contributed by atoms with van der Waals surface area (Å²) in [7, 11) is 0. The van der Waals surface area contributed by atoms with Gasteiger partial charge in [0.15, 0.2) is 0 Å². The lowest BCUT2D eigenvalue weighted by molar-refractivity contribution is 0.0523. The fourth-order valence-electron chi connectivity index (χ4n) is 2.70. The molecule has 19 heavy (non-hydrogen) atoms. The Morgan fingerprint density at radius 3 is 2.37 bits per heavy atom. The molecule has 1 rings (SSSR count). The lowest BCUT2D eigenvalue weighted by Gasteiger charge is -2.30. The Kier molecular flexibility index (Phi) is 6.11. The summed E-state index contributed by atoms with van der Waals surface area (Å²) in [5, 5.41) is 2.83. The molecule has 1 aliphatic carbocycles. The highest BCUT2D eigenvalue weighted by molar-refractivity contribution is 5.67. The number of nitrogens with one attached hydrogen (secondary N) is 1. The van der Waals surface area contributed by atoms with Gasteiger partial charge in [-0.25, -0.2) is 4.79 Å². The number of hydrogen-bond donors (Lipinski definition) is 2. The highest BCUT2D eigenvalue weighted by Crippen LogP contribution is 2.31. The molecule has 3 N–H and O–H groups in total. The molecule has 1 saturated carbocycles. The lowest BCUT2D eigenvalue weighted by Crippen LogP contribution is -2.34. The molecule has 1 aliphatic rings. The molecule has 4 nitrogen and oxygen atoms in total. The number of carbonyl (C=O) groups excluding carboxylic acids is 1. The highest BCUT2D eigenvalue weighted by Gasteiger charge is 2.23. The van der Waals surface area contributed by atoms with E-state index in [4.69, 9.17) is 10.5 Å². The van der Waals surface area contributed by atoms with E-state index >= 15 is 0 Å². The van der Waals surface area contributed by atoms with E-state index in [2.05, 4.69) is 12.2 Å². The molecule has 0 bridgehead atoms. The summed E-state index contributed by atoms with van der Waals surface area (Å²) in [4.78, 5) is 11.5. The van der Waals surface area contributed by atoms with Crippen LogP contribution in [0.2, 0.25) is 0 Å². The molecule has 112 valence electrons. The van der Waals surface area contributed by atoms with Gasteiger partial charge < -0.3 is 15.8 Å². The predicted octanol–water partition coefficient (Wildman–Crippen LogP) is 3.05. The Bertz CT molecular complexity index is 276. The molecule has 0 unspecified atom stereocenters. The number of hydrogen-bond acceptors (Lipinski definition) is 3. The average molecular weight is 270 g/mol. The molecule has 0 aromatic rings. The summed E-state index contributed by atoms with van der Waals surface area (Å²) < 4.78 is 5.21. The molecule has 1 fully saturated rings. The van der Waals surface area contributed by atoms with Crippen molar-refractivity contribution in [2.24, 2.45) is 17.6 Å². The number of carbonyl (C=O) groups is 1. The fraction of sp³-hybridized carbons (Fsp3) is 0.933. The standard InChI is InChI=1S/C15H30N2O2/c1-11(16)13-7-5-12(6-8-13)9-10-17-14(18)19-15(2,3)4/h11-13H,5-10,16H2,1-4H3,(H,17,18)/t11-,12?,13?/m0/s1. The molecule has 0 aromatic heterocycles. The Morgan fingerprint density at radius 1 is 1.32 bits per heavy atom. The van der Waals surface area contributed by atoms with Crippen molar-refractivity contribution in [1.29, 1.82) is 0 Å². The molecule has 0 spiro atoms. The van der Waals surface area contributed by atoms with Crippen LogP contribution in [0.25, 0.3) is 0 Å². The maximum absolute atomic E-state index is 11.5. The topological polar surface area (TPSA) is 64.3 Å². The highest BCUT2D eigenvalue weighted by atomic mass is 16.6. The Morgan fingerprint density at radius 2 is 1.89 bits per heavy atom. The summed E-state index contributed by atoms with van der Waals surface area (Å²) in [6.45, 7) is 8.45. The van der Waals surface area contributed by atoms with Crippen molar-refractivity contribution in [3.05, 3.63) is 0 Å². The largest absolute Gasteiger partial charge is 0.444 e. The van der Waals surface area contributed by atoms with Crippen molar-refractivity contribution in [2.75, 3.05) is 6.54 Å². The van der Waals surface area contributed by atoms with Crippen molar-refractivity contribution in [3.63, 3.8) is 0 Å². The first-order chi connectivity index (χ1) is 8.78. The summed E-state index contributed by atoms with van der Waals surface area (Å²) in [6.07, 6.45) is 5.68. The average Bonchev–Trinajstić information content (AvgIpc) is 2.27. The third kappa shape index (κ3) is 6.81. The van der Waals surface area contributed by atoms with Gasteiger partial charge in [-0.15, -0.1) is 0 Å². The molecular formula is C15H30N2O2. The molecule has 0 radical (unpaired) electrons. The first kappa shape index (κ1) is 16.3. The van der Waals surface area contributed by atoms with Crippen LogP contribution in [0.4, 0.5) is 4.79 Å². The first-order valence-corrected chi connectivity index (χ1v) is 7.50. The Hall–Kier alpha value is -0.770. The number of amides is 1. The zero-order valence-electron chi connectivity index (χ0n) is 12.9. The van der Waals surface area contributed by atoms with Gasteiger partial charge in [0.25, 0.3) is 0 Å². The van der Waals surface area contributed by atoms with Crippen LogP contribution in [0.1, 0.15) is 59.8 Å². The van der Waals surface area contributed by atoms with E-state index < -0.39 is 5.60 Å². The van der Waals surface area contributed by atoms with Crippen LogP contribution in [0.5, 0.6) is 0 Å². The quantitative estimate of drug-likeness (QED) is 0.825. The number of alkyl carbamates (subject to hydrolysis) is 1. The van der Waals surface area contributed by atoms with Crippen molar-refractivity contribution in [1.82, 2.24) is 5.32 Å². The van der Waals surface area contributed by atoms with Crippen LogP contribution in [-0.4, -0.2) is 24.3 Å². The predicted molar refractivity (Wildman–Crippen MR) is 78.0 cm³/mol. The van der Waals surface area contributed by atoms with Crippen LogP contribution in [-0.2, 0) is 4.74 Å². The minimum absolute atomic E-state index is 0.309. The minimum atomic E-state index is -0.417. The molecule has 0 heterocycles. The number of ether oxygens (including phenoxy) is 1. The third-order valence-corrected chi connectivity index (χ3v) is 3.86. The first-order valence-electron chi connectivity index (χ1n) is 7.50. The van der Waals surface area contributed by atoms with E-state index in [-0.39, 0.29) is 6.09 Å². The fourth-order valence-corrected chi connectivity index (χ4v) is 2.70. The zero-order valence-corrected chi connectivity index (χ0v) is 12.9. The molecule has 0 aromatic carbocycles. The van der Waals surface area contributed by atoms with Crippen LogP contribution in [0.15, 0.2) is 0 Å². The molecule has 1 amide bonds. The molecule has 0 aliphatic heterocycles. The monoisotopic (exact) mass is 270 g/mol. The van der Waals surface area contributed by atoms with Gasteiger partial charge >= 0.3 is 6.09 Å². The summed E-state index contributed by atoms with van der Waals surface area (Å²) in [5.41, 5.74) is 5.52. The van der Waals surface area contributed by atoms with Crippen molar-refractivity contribution in [2.45, 2.75) is 71.4 Å². The van der Waals surface area contributed by atoms with E-state index in [9.17, 15) is 4.79 Å². The molecule has 1 atom stereocenters. The second-order valence-corrected chi connectivity index (χ2v) is 6.86. The Balaban J connectivity index is 2.13. The van der Waals surface area contributed by atoms with E-state index in [0.29, 0.717) is 18.5 Å². The molecule has 4 heteroatoms. The van der Waals surface area contributed by atoms with Gasteiger partial charge in [-0.2, -0.15) is 0 Å².